The highest BCUT2D eigenvalue weighted by atomic mass is 16.5. The van der Waals surface area contributed by atoms with Crippen LogP contribution >= 0.6 is 0 Å². The van der Waals surface area contributed by atoms with E-state index in [9.17, 15) is 4.79 Å². The van der Waals surface area contributed by atoms with Crippen molar-refractivity contribution in [1.82, 2.24) is 14.6 Å². The molecule has 3 rings (SSSR count). The number of aliphatic carboxylic acids is 1. The van der Waals surface area contributed by atoms with E-state index in [1.54, 1.807) is 4.52 Å². The molecule has 7 nitrogen and oxygen atoms in total. The molecule has 0 aromatic carbocycles. The fourth-order valence-corrected chi connectivity index (χ4v) is 2.29. The Morgan fingerprint density at radius 3 is 3.16 bits per heavy atom. The minimum absolute atomic E-state index is 0.235. The van der Waals surface area contributed by atoms with E-state index in [1.165, 1.54) is 6.33 Å². The lowest BCUT2D eigenvalue weighted by Crippen LogP contribution is -2.33. The zero-order valence-electron chi connectivity index (χ0n) is 10.4. The maximum absolute atomic E-state index is 11.1. The predicted molar refractivity (Wildman–Crippen MR) is 67.1 cm³/mol. The summed E-state index contributed by atoms with van der Waals surface area (Å²) in [5.74, 6) is -0.661. The highest BCUT2D eigenvalue weighted by Gasteiger charge is 2.34. The number of nitrogens with one attached hydrogen (secondary N) is 1. The van der Waals surface area contributed by atoms with Gasteiger partial charge in [0.2, 0.25) is 0 Å². The van der Waals surface area contributed by atoms with E-state index in [-0.39, 0.29) is 12.6 Å². The Bertz CT molecular complexity index is 624. The number of ether oxygens (including phenoxy) is 1. The maximum Gasteiger partial charge on any atom is 0.311 e. The Labute approximate surface area is 109 Å². The smallest absolute Gasteiger partial charge is 0.311 e. The normalized spacial score (nSPS) is 22.8. The summed E-state index contributed by atoms with van der Waals surface area (Å²) in [4.78, 5) is 15.3. The molecule has 1 fully saturated rings. The fourth-order valence-electron chi connectivity index (χ4n) is 2.29. The van der Waals surface area contributed by atoms with Crippen LogP contribution in [0.15, 0.2) is 18.5 Å². The fraction of sp³-hybridized carbons (Fsp3) is 0.417. The van der Waals surface area contributed by atoms with Crippen LogP contribution in [0.1, 0.15) is 5.56 Å². The molecule has 1 saturated heterocycles. The molecule has 2 aromatic heterocycles. The molecule has 2 unspecified atom stereocenters. The quantitative estimate of drug-likeness (QED) is 0.839. The summed E-state index contributed by atoms with van der Waals surface area (Å²) < 4.78 is 6.90. The number of pyridine rings is 1. The number of aryl methyl sites for hydroxylation is 1. The first-order valence-electron chi connectivity index (χ1n) is 6.02. The summed E-state index contributed by atoms with van der Waals surface area (Å²) in [6.07, 6.45) is 1.47. The third kappa shape index (κ3) is 2.12. The van der Waals surface area contributed by atoms with E-state index in [0.29, 0.717) is 6.61 Å². The highest BCUT2D eigenvalue weighted by Crippen LogP contribution is 2.20. The highest BCUT2D eigenvalue weighted by molar-refractivity contribution is 5.72. The van der Waals surface area contributed by atoms with Gasteiger partial charge in [-0.3, -0.25) is 4.79 Å². The summed E-state index contributed by atoms with van der Waals surface area (Å²) in [6, 6.07) is 3.57. The number of hydrogen-bond donors (Lipinski definition) is 2. The van der Waals surface area contributed by atoms with Crippen LogP contribution in [-0.2, 0) is 9.53 Å². The van der Waals surface area contributed by atoms with Gasteiger partial charge < -0.3 is 15.2 Å². The Balaban J connectivity index is 1.92. The number of nitrogens with zero attached hydrogens (tertiary/aromatic N) is 3. The maximum atomic E-state index is 11.1. The zero-order chi connectivity index (χ0) is 13.4. The average Bonchev–Trinajstić information content (AvgIpc) is 2.96. The number of hydrogen-bond acceptors (Lipinski definition) is 5. The third-order valence-corrected chi connectivity index (χ3v) is 3.25. The molecular weight excluding hydrogens is 248 g/mol. The average molecular weight is 262 g/mol. The van der Waals surface area contributed by atoms with Crippen LogP contribution in [0.4, 0.5) is 5.82 Å². The lowest BCUT2D eigenvalue weighted by Gasteiger charge is -2.17. The number of carbonyl (C=O) groups is 1. The molecule has 2 N–H and O–H groups in total. The monoisotopic (exact) mass is 262 g/mol. The molecule has 0 saturated carbocycles. The molecule has 19 heavy (non-hydrogen) atoms. The van der Waals surface area contributed by atoms with Crippen LogP contribution in [-0.4, -0.2) is 44.9 Å². The van der Waals surface area contributed by atoms with Gasteiger partial charge in [-0.1, -0.05) is 0 Å². The molecule has 0 radical (unpaired) electrons. The van der Waals surface area contributed by atoms with Gasteiger partial charge in [-0.15, -0.1) is 0 Å². The molecule has 0 aliphatic carbocycles. The lowest BCUT2D eigenvalue weighted by atomic mass is 10.0. The van der Waals surface area contributed by atoms with Gasteiger partial charge in [0, 0.05) is 0 Å². The second-order valence-corrected chi connectivity index (χ2v) is 4.68. The topological polar surface area (TPSA) is 88.8 Å². The second-order valence-electron chi connectivity index (χ2n) is 4.68. The van der Waals surface area contributed by atoms with Gasteiger partial charge in [0.15, 0.2) is 5.65 Å². The van der Waals surface area contributed by atoms with Crippen LogP contribution in [0.2, 0.25) is 0 Å². The first-order valence-corrected chi connectivity index (χ1v) is 6.02. The van der Waals surface area contributed by atoms with Crippen LogP contribution < -0.4 is 5.32 Å². The van der Waals surface area contributed by atoms with Gasteiger partial charge >= 0.3 is 5.97 Å². The molecule has 2 aromatic rings. The number of aromatic nitrogens is 3. The molecular formula is C12H14N4O3. The minimum Gasteiger partial charge on any atom is -0.481 e. The van der Waals surface area contributed by atoms with Crippen LogP contribution in [0, 0.1) is 12.8 Å². The Kier molecular flexibility index (Phi) is 2.83. The van der Waals surface area contributed by atoms with Crippen molar-refractivity contribution in [3.05, 3.63) is 24.0 Å². The summed E-state index contributed by atoms with van der Waals surface area (Å²) >= 11 is 0. The molecule has 1 aliphatic heterocycles. The number of carboxylic acids is 1. The zero-order valence-corrected chi connectivity index (χ0v) is 10.4. The van der Waals surface area contributed by atoms with Gasteiger partial charge in [0.05, 0.1) is 19.3 Å². The Hall–Kier alpha value is -2.15. The van der Waals surface area contributed by atoms with E-state index >= 15 is 0 Å². The van der Waals surface area contributed by atoms with Crippen molar-refractivity contribution < 1.29 is 14.6 Å². The van der Waals surface area contributed by atoms with Gasteiger partial charge in [-0.05, 0) is 24.6 Å². The summed E-state index contributed by atoms with van der Waals surface area (Å²) in [6.45, 7) is 2.57. The first-order chi connectivity index (χ1) is 9.15. The molecule has 3 heterocycles. The van der Waals surface area contributed by atoms with Crippen molar-refractivity contribution in [3.8, 4) is 0 Å². The second kappa shape index (κ2) is 4.51. The van der Waals surface area contributed by atoms with Crippen molar-refractivity contribution in [2.75, 3.05) is 18.5 Å². The SMILES string of the molecule is Cc1cc(NC2COCC2C(=O)O)n2ncnc2c1. The van der Waals surface area contributed by atoms with E-state index in [2.05, 4.69) is 15.4 Å². The summed E-state index contributed by atoms with van der Waals surface area (Å²) in [5.41, 5.74) is 1.77. The van der Waals surface area contributed by atoms with Crippen molar-refractivity contribution >= 4 is 17.4 Å². The number of fused-ring (bicyclic) bond motifs is 1. The van der Waals surface area contributed by atoms with E-state index < -0.39 is 11.9 Å². The molecule has 7 heteroatoms. The van der Waals surface area contributed by atoms with Crippen molar-refractivity contribution in [2.45, 2.75) is 13.0 Å². The molecule has 0 spiro atoms. The molecule has 100 valence electrons. The third-order valence-electron chi connectivity index (χ3n) is 3.25. The van der Waals surface area contributed by atoms with Crippen molar-refractivity contribution in [3.63, 3.8) is 0 Å². The first kappa shape index (κ1) is 11.9. The lowest BCUT2D eigenvalue weighted by molar-refractivity contribution is -0.141. The number of anilines is 1. The standard InChI is InChI=1S/C12H14N4O3/c1-7-2-10-13-6-14-16(10)11(3-7)15-9-5-19-4-8(9)12(17)18/h2-3,6,8-9,15H,4-5H2,1H3,(H,17,18). The van der Waals surface area contributed by atoms with Gasteiger partial charge in [0.25, 0.3) is 0 Å². The Morgan fingerprint density at radius 2 is 2.37 bits per heavy atom. The van der Waals surface area contributed by atoms with Crippen LogP contribution in [0.5, 0.6) is 0 Å². The minimum atomic E-state index is -0.850. The number of carboxylic acid groups (broad SMARTS) is 1. The largest absolute Gasteiger partial charge is 0.481 e. The molecule has 2 atom stereocenters. The van der Waals surface area contributed by atoms with Crippen LogP contribution in [0.3, 0.4) is 0 Å². The van der Waals surface area contributed by atoms with Crippen molar-refractivity contribution in [1.29, 1.82) is 0 Å². The van der Waals surface area contributed by atoms with Gasteiger partial charge in [0.1, 0.15) is 18.1 Å². The van der Waals surface area contributed by atoms with Crippen LogP contribution in [0.25, 0.3) is 5.65 Å². The van der Waals surface area contributed by atoms with Gasteiger partial charge in [-0.2, -0.15) is 9.61 Å². The molecule has 1 aliphatic rings. The summed E-state index contributed by atoms with van der Waals surface area (Å²) in [5, 5.41) is 16.5. The van der Waals surface area contributed by atoms with Gasteiger partial charge in [-0.25, -0.2) is 4.98 Å². The van der Waals surface area contributed by atoms with E-state index in [0.717, 1.165) is 17.0 Å². The Morgan fingerprint density at radius 1 is 1.53 bits per heavy atom. The van der Waals surface area contributed by atoms with Crippen molar-refractivity contribution in [2.24, 2.45) is 5.92 Å². The van der Waals surface area contributed by atoms with E-state index in [1.807, 2.05) is 19.1 Å². The summed E-state index contributed by atoms with van der Waals surface area (Å²) in [7, 11) is 0. The number of rotatable bonds is 3. The molecule has 0 amide bonds. The molecule has 0 bridgehead atoms. The van der Waals surface area contributed by atoms with E-state index in [4.69, 9.17) is 9.84 Å². The predicted octanol–water partition coefficient (Wildman–Crippen LogP) is 0.549.